The zero-order chi connectivity index (χ0) is 16.4. The predicted octanol–water partition coefficient (Wildman–Crippen LogP) is 1.55. The van der Waals surface area contributed by atoms with Crippen LogP contribution in [0.25, 0.3) is 0 Å². The van der Waals surface area contributed by atoms with E-state index in [9.17, 15) is 4.79 Å². The first-order valence-electron chi connectivity index (χ1n) is 8.44. The lowest BCUT2D eigenvalue weighted by Crippen LogP contribution is -2.51. The summed E-state index contributed by atoms with van der Waals surface area (Å²) in [5, 5.41) is 5.92. The summed E-state index contributed by atoms with van der Waals surface area (Å²) in [5.74, 6) is 1.47. The zero-order valence-corrected chi connectivity index (χ0v) is 13.5. The Balaban J connectivity index is 1.25. The van der Waals surface area contributed by atoms with Crippen LogP contribution in [-0.2, 0) is 16.0 Å². The smallest absolute Gasteiger partial charge is 0.315 e. The van der Waals surface area contributed by atoms with Gasteiger partial charge in [0.15, 0.2) is 11.5 Å². The molecule has 130 valence electrons. The second-order valence-corrected chi connectivity index (χ2v) is 6.34. The molecular weight excluding hydrogens is 312 g/mol. The van der Waals surface area contributed by atoms with Gasteiger partial charge in [0, 0.05) is 12.6 Å². The minimum Gasteiger partial charge on any atom is -0.454 e. The van der Waals surface area contributed by atoms with Gasteiger partial charge < -0.3 is 29.6 Å². The third kappa shape index (κ3) is 3.42. The lowest BCUT2D eigenvalue weighted by molar-refractivity contribution is -0.157. The Hall–Kier alpha value is -1.99. The van der Waals surface area contributed by atoms with Crippen LogP contribution in [0.2, 0.25) is 0 Å². The minimum atomic E-state index is -0.159. The molecule has 0 bridgehead atoms. The lowest BCUT2D eigenvalue weighted by atomic mass is 9.90. The molecule has 2 fully saturated rings. The molecule has 0 radical (unpaired) electrons. The molecular formula is C17H22N2O5. The summed E-state index contributed by atoms with van der Waals surface area (Å²) in [6.07, 6.45) is 2.95. The number of nitrogens with one attached hydrogen (secondary N) is 2. The Morgan fingerprint density at radius 1 is 1.08 bits per heavy atom. The summed E-state index contributed by atoms with van der Waals surface area (Å²) in [5.41, 5.74) is 0.974. The fraction of sp³-hybridized carbons (Fsp3) is 0.588. The maximum Gasteiger partial charge on any atom is 0.315 e. The quantitative estimate of drug-likeness (QED) is 0.877. The van der Waals surface area contributed by atoms with Gasteiger partial charge in [-0.25, -0.2) is 4.79 Å². The van der Waals surface area contributed by atoms with Crippen molar-refractivity contribution in [3.05, 3.63) is 23.8 Å². The molecule has 24 heavy (non-hydrogen) atoms. The summed E-state index contributed by atoms with van der Waals surface area (Å²) >= 11 is 0. The molecule has 7 heteroatoms. The molecule has 7 nitrogen and oxygen atoms in total. The van der Waals surface area contributed by atoms with E-state index in [-0.39, 0.29) is 31.1 Å². The van der Waals surface area contributed by atoms with E-state index in [1.54, 1.807) is 0 Å². The van der Waals surface area contributed by atoms with Crippen molar-refractivity contribution in [1.29, 1.82) is 0 Å². The van der Waals surface area contributed by atoms with E-state index < -0.39 is 0 Å². The molecule has 0 spiro atoms. The van der Waals surface area contributed by atoms with Crippen molar-refractivity contribution in [1.82, 2.24) is 10.6 Å². The van der Waals surface area contributed by atoms with Crippen molar-refractivity contribution in [2.75, 3.05) is 20.0 Å². The van der Waals surface area contributed by atoms with Crippen LogP contribution in [0.5, 0.6) is 11.5 Å². The highest BCUT2D eigenvalue weighted by atomic mass is 16.7. The normalized spacial score (nSPS) is 28.1. The average molecular weight is 334 g/mol. The molecule has 1 aliphatic carbocycles. The Labute approximate surface area is 140 Å². The molecule has 3 unspecified atom stereocenters. The van der Waals surface area contributed by atoms with E-state index in [0.717, 1.165) is 36.3 Å². The maximum absolute atomic E-state index is 12.1. The largest absolute Gasteiger partial charge is 0.454 e. The maximum atomic E-state index is 12.1. The van der Waals surface area contributed by atoms with Crippen LogP contribution in [-0.4, -0.2) is 44.3 Å². The molecule has 2 N–H and O–H groups in total. The Morgan fingerprint density at radius 3 is 2.83 bits per heavy atom. The van der Waals surface area contributed by atoms with Crippen LogP contribution in [0.4, 0.5) is 4.79 Å². The Kier molecular flexibility index (Phi) is 4.44. The second-order valence-electron chi connectivity index (χ2n) is 6.34. The molecule has 2 heterocycles. The third-order valence-corrected chi connectivity index (χ3v) is 4.70. The first-order valence-corrected chi connectivity index (χ1v) is 8.44. The van der Waals surface area contributed by atoms with Gasteiger partial charge in [-0.15, -0.1) is 0 Å². The fourth-order valence-corrected chi connectivity index (χ4v) is 3.47. The molecule has 1 aromatic rings. The van der Waals surface area contributed by atoms with E-state index in [1.807, 2.05) is 18.2 Å². The van der Waals surface area contributed by atoms with Crippen LogP contribution in [0.1, 0.15) is 24.8 Å². The van der Waals surface area contributed by atoms with Crippen LogP contribution in [0, 0.1) is 0 Å². The predicted molar refractivity (Wildman–Crippen MR) is 85.1 cm³/mol. The molecule has 1 aromatic carbocycles. The summed E-state index contributed by atoms with van der Waals surface area (Å²) in [6, 6.07) is 5.64. The van der Waals surface area contributed by atoms with Crippen molar-refractivity contribution in [3.8, 4) is 11.5 Å². The van der Waals surface area contributed by atoms with Crippen molar-refractivity contribution in [2.45, 2.75) is 44.1 Å². The Morgan fingerprint density at radius 2 is 1.92 bits per heavy atom. The third-order valence-electron chi connectivity index (χ3n) is 4.70. The topological polar surface area (TPSA) is 78.1 Å². The number of hydrogen-bond donors (Lipinski definition) is 2. The zero-order valence-electron chi connectivity index (χ0n) is 13.5. The monoisotopic (exact) mass is 334 g/mol. The van der Waals surface area contributed by atoms with Gasteiger partial charge in [0.2, 0.25) is 6.79 Å². The van der Waals surface area contributed by atoms with Crippen LogP contribution in [0.15, 0.2) is 18.2 Å². The fourth-order valence-electron chi connectivity index (χ4n) is 3.47. The van der Waals surface area contributed by atoms with Gasteiger partial charge in [-0.2, -0.15) is 0 Å². The SMILES string of the molecule is O=C(NCc1ccc2c(c1)OCO2)NC1CCC2OCCOC2C1. The molecule has 3 atom stereocenters. The first-order chi connectivity index (χ1) is 11.8. The number of carbonyl (C=O) groups excluding carboxylic acids is 1. The Bertz CT molecular complexity index is 609. The van der Waals surface area contributed by atoms with Gasteiger partial charge in [-0.05, 0) is 37.0 Å². The highest BCUT2D eigenvalue weighted by Crippen LogP contribution is 2.32. The van der Waals surface area contributed by atoms with E-state index in [2.05, 4.69) is 10.6 Å². The van der Waals surface area contributed by atoms with Crippen molar-refractivity contribution < 1.29 is 23.7 Å². The number of ether oxygens (including phenoxy) is 4. The van der Waals surface area contributed by atoms with Crippen molar-refractivity contribution in [2.24, 2.45) is 0 Å². The van der Waals surface area contributed by atoms with E-state index in [4.69, 9.17) is 18.9 Å². The number of fused-ring (bicyclic) bond motifs is 2. The van der Waals surface area contributed by atoms with E-state index >= 15 is 0 Å². The lowest BCUT2D eigenvalue weighted by Gasteiger charge is -2.39. The van der Waals surface area contributed by atoms with Crippen LogP contribution in [0.3, 0.4) is 0 Å². The highest BCUT2D eigenvalue weighted by molar-refractivity contribution is 5.74. The minimum absolute atomic E-state index is 0.103. The molecule has 2 amide bonds. The standard InChI is InChI=1S/C17H22N2O5/c20-17(18-9-11-1-3-14-15(7-11)24-10-23-14)19-12-2-4-13-16(8-12)22-6-5-21-13/h1,3,7,12-13,16H,2,4-6,8-10H2,(H2,18,19,20). The number of carbonyl (C=O) groups is 1. The van der Waals surface area contributed by atoms with Crippen molar-refractivity contribution >= 4 is 6.03 Å². The van der Waals surface area contributed by atoms with Gasteiger partial charge in [0.25, 0.3) is 0 Å². The van der Waals surface area contributed by atoms with Gasteiger partial charge in [-0.3, -0.25) is 0 Å². The molecule has 3 aliphatic rings. The molecule has 1 saturated carbocycles. The number of hydrogen-bond acceptors (Lipinski definition) is 5. The van der Waals surface area contributed by atoms with Crippen LogP contribution >= 0.6 is 0 Å². The first kappa shape index (κ1) is 15.5. The number of amides is 2. The van der Waals surface area contributed by atoms with E-state index in [1.165, 1.54) is 0 Å². The van der Waals surface area contributed by atoms with Crippen molar-refractivity contribution in [3.63, 3.8) is 0 Å². The number of urea groups is 1. The summed E-state index contributed by atoms with van der Waals surface area (Å²) in [7, 11) is 0. The number of benzene rings is 1. The average Bonchev–Trinajstić information content (AvgIpc) is 3.07. The van der Waals surface area contributed by atoms with Gasteiger partial charge in [-0.1, -0.05) is 6.07 Å². The van der Waals surface area contributed by atoms with Crippen LogP contribution < -0.4 is 20.1 Å². The van der Waals surface area contributed by atoms with Gasteiger partial charge in [0.1, 0.15) is 0 Å². The molecule has 1 saturated heterocycles. The van der Waals surface area contributed by atoms with Gasteiger partial charge in [0.05, 0.1) is 25.4 Å². The molecule has 4 rings (SSSR count). The summed E-state index contributed by atoms with van der Waals surface area (Å²) < 4.78 is 22.1. The number of rotatable bonds is 3. The summed E-state index contributed by atoms with van der Waals surface area (Å²) in [4.78, 5) is 12.1. The van der Waals surface area contributed by atoms with Gasteiger partial charge >= 0.3 is 6.03 Å². The second kappa shape index (κ2) is 6.86. The molecule has 2 aliphatic heterocycles. The summed E-state index contributed by atoms with van der Waals surface area (Å²) in [6.45, 7) is 2.02. The highest BCUT2D eigenvalue weighted by Gasteiger charge is 2.34. The molecule has 0 aromatic heterocycles. The van der Waals surface area contributed by atoms with E-state index in [0.29, 0.717) is 19.8 Å².